The fourth-order valence-corrected chi connectivity index (χ4v) is 2.64. The van der Waals surface area contributed by atoms with Gasteiger partial charge in [0.25, 0.3) is 0 Å². The van der Waals surface area contributed by atoms with Crippen molar-refractivity contribution in [3.05, 3.63) is 58.1 Å². The van der Waals surface area contributed by atoms with Crippen LogP contribution >= 0.6 is 35.6 Å². The van der Waals surface area contributed by atoms with Crippen molar-refractivity contribution in [1.29, 1.82) is 0 Å². The fourth-order valence-electron chi connectivity index (χ4n) is 2.34. The van der Waals surface area contributed by atoms with Crippen LogP contribution in [0.2, 0.25) is 10.0 Å². The van der Waals surface area contributed by atoms with Crippen LogP contribution in [0.15, 0.2) is 42.5 Å². The molecule has 0 bridgehead atoms. The monoisotopic (exact) mass is 382 g/mol. The Morgan fingerprint density at radius 1 is 1.00 bits per heavy atom. The second kappa shape index (κ2) is 7.99. The van der Waals surface area contributed by atoms with Gasteiger partial charge in [-0.3, -0.25) is 5.10 Å². The number of aromatic amines is 1. The molecule has 0 unspecified atom stereocenters. The summed E-state index contributed by atoms with van der Waals surface area (Å²) in [6.07, 6.45) is 0. The van der Waals surface area contributed by atoms with Crippen LogP contribution < -0.4 is 0 Å². The Hall–Kier alpha value is -1.59. The highest BCUT2D eigenvalue weighted by atomic mass is 35.5. The second-order valence-electron chi connectivity index (χ2n) is 5.57. The van der Waals surface area contributed by atoms with E-state index in [-0.39, 0.29) is 12.4 Å². The minimum Gasteiger partial charge on any atom is -0.305 e. The Bertz CT molecular complexity index is 830. The van der Waals surface area contributed by atoms with Gasteiger partial charge in [0.1, 0.15) is 0 Å². The van der Waals surface area contributed by atoms with Crippen molar-refractivity contribution in [2.24, 2.45) is 0 Å². The Balaban J connectivity index is 0.00000208. The molecular weight excluding hydrogens is 367 g/mol. The first-order valence-corrected chi connectivity index (χ1v) is 7.90. The number of aromatic nitrogens is 3. The zero-order valence-electron chi connectivity index (χ0n) is 13.3. The van der Waals surface area contributed by atoms with E-state index in [0.29, 0.717) is 21.7 Å². The smallest absolute Gasteiger partial charge is 0.181 e. The minimum atomic E-state index is 0. The first kappa shape index (κ1) is 18.7. The highest BCUT2D eigenvalue weighted by Crippen LogP contribution is 2.28. The molecular formula is C17H17Cl3N4. The molecule has 4 nitrogen and oxygen atoms in total. The van der Waals surface area contributed by atoms with E-state index in [0.717, 1.165) is 17.7 Å². The Morgan fingerprint density at radius 2 is 1.79 bits per heavy atom. The molecule has 0 aliphatic rings. The van der Waals surface area contributed by atoms with Crippen molar-refractivity contribution in [2.45, 2.75) is 6.54 Å². The van der Waals surface area contributed by atoms with Crippen molar-refractivity contribution in [3.8, 4) is 22.8 Å². The summed E-state index contributed by atoms with van der Waals surface area (Å²) in [5.74, 6) is 1.32. The van der Waals surface area contributed by atoms with Crippen LogP contribution in [0.5, 0.6) is 0 Å². The maximum absolute atomic E-state index is 6.06. The molecule has 0 saturated carbocycles. The number of nitrogens with one attached hydrogen (secondary N) is 1. The van der Waals surface area contributed by atoms with Crippen molar-refractivity contribution in [1.82, 2.24) is 20.1 Å². The Labute approximate surface area is 157 Å². The highest BCUT2D eigenvalue weighted by molar-refractivity contribution is 6.42. The van der Waals surface area contributed by atoms with E-state index in [4.69, 9.17) is 23.2 Å². The summed E-state index contributed by atoms with van der Waals surface area (Å²) < 4.78 is 0. The normalized spacial score (nSPS) is 10.7. The average molecular weight is 384 g/mol. The van der Waals surface area contributed by atoms with E-state index in [1.807, 2.05) is 32.3 Å². The van der Waals surface area contributed by atoms with Crippen LogP contribution in [0.3, 0.4) is 0 Å². The molecule has 24 heavy (non-hydrogen) atoms. The van der Waals surface area contributed by atoms with Gasteiger partial charge in [-0.05, 0) is 43.9 Å². The van der Waals surface area contributed by atoms with Gasteiger partial charge in [0.2, 0.25) is 0 Å². The van der Waals surface area contributed by atoms with Gasteiger partial charge in [-0.1, -0.05) is 41.4 Å². The maximum atomic E-state index is 6.06. The third-order valence-electron chi connectivity index (χ3n) is 3.36. The van der Waals surface area contributed by atoms with Gasteiger partial charge in [-0.15, -0.1) is 12.4 Å². The average Bonchev–Trinajstić information content (AvgIpc) is 2.99. The Morgan fingerprint density at radius 3 is 2.50 bits per heavy atom. The third-order valence-corrected chi connectivity index (χ3v) is 4.10. The van der Waals surface area contributed by atoms with Crippen molar-refractivity contribution >= 4 is 35.6 Å². The number of hydrogen-bond donors (Lipinski definition) is 1. The number of nitrogens with zero attached hydrogens (tertiary/aromatic N) is 3. The molecule has 0 aliphatic heterocycles. The van der Waals surface area contributed by atoms with Gasteiger partial charge in [0.05, 0.1) is 10.0 Å². The van der Waals surface area contributed by atoms with Crippen molar-refractivity contribution < 1.29 is 0 Å². The molecule has 2 aromatic carbocycles. The van der Waals surface area contributed by atoms with Gasteiger partial charge in [0, 0.05) is 17.7 Å². The number of rotatable bonds is 4. The number of H-pyrrole nitrogens is 1. The Kier molecular flexibility index (Phi) is 6.24. The predicted octanol–water partition coefficient (Wildman–Crippen LogP) is 4.93. The van der Waals surface area contributed by atoms with Crippen LogP contribution in [0, 0.1) is 0 Å². The minimum absolute atomic E-state index is 0. The van der Waals surface area contributed by atoms with Crippen LogP contribution in [-0.2, 0) is 6.54 Å². The van der Waals surface area contributed by atoms with E-state index in [1.54, 1.807) is 12.1 Å². The molecule has 3 aromatic rings. The van der Waals surface area contributed by atoms with Crippen LogP contribution in [-0.4, -0.2) is 34.2 Å². The molecule has 126 valence electrons. The molecule has 7 heteroatoms. The molecule has 1 heterocycles. The quantitative estimate of drug-likeness (QED) is 0.695. The first-order valence-electron chi connectivity index (χ1n) is 7.15. The van der Waals surface area contributed by atoms with E-state index >= 15 is 0 Å². The van der Waals surface area contributed by atoms with Gasteiger partial charge >= 0.3 is 0 Å². The van der Waals surface area contributed by atoms with E-state index < -0.39 is 0 Å². The predicted molar refractivity (Wildman–Crippen MR) is 102 cm³/mol. The lowest BCUT2D eigenvalue weighted by Gasteiger charge is -2.09. The summed E-state index contributed by atoms with van der Waals surface area (Å²) in [6.45, 7) is 0.873. The van der Waals surface area contributed by atoms with E-state index in [2.05, 4.69) is 32.2 Å². The zero-order chi connectivity index (χ0) is 16.4. The standard InChI is InChI=1S/C17H16Cl2N4.ClH/c1-23(2)10-11-4-3-5-12(8-11)16-20-17(22-21-16)13-6-7-14(18)15(19)9-13;/h3-9H,10H2,1-2H3,(H,20,21,22);1H. The van der Waals surface area contributed by atoms with Crippen LogP contribution in [0.4, 0.5) is 0 Å². The van der Waals surface area contributed by atoms with E-state index in [1.165, 1.54) is 5.56 Å². The van der Waals surface area contributed by atoms with Crippen molar-refractivity contribution in [2.75, 3.05) is 14.1 Å². The lowest BCUT2D eigenvalue weighted by Crippen LogP contribution is -2.10. The zero-order valence-corrected chi connectivity index (χ0v) is 15.6. The molecule has 1 N–H and O–H groups in total. The summed E-state index contributed by atoms with van der Waals surface area (Å²) in [5, 5.41) is 8.28. The first-order chi connectivity index (χ1) is 11.0. The van der Waals surface area contributed by atoms with E-state index in [9.17, 15) is 0 Å². The SMILES string of the molecule is CN(C)Cc1cccc(-c2n[nH]c(-c3ccc(Cl)c(Cl)c3)n2)c1.Cl. The number of benzene rings is 2. The number of halogens is 3. The van der Waals surface area contributed by atoms with Gasteiger partial charge in [-0.25, -0.2) is 4.98 Å². The number of hydrogen-bond acceptors (Lipinski definition) is 3. The fraction of sp³-hybridized carbons (Fsp3) is 0.176. The summed E-state index contributed by atoms with van der Waals surface area (Å²) in [7, 11) is 4.09. The third kappa shape index (κ3) is 4.28. The summed E-state index contributed by atoms with van der Waals surface area (Å²) >= 11 is 12.0. The molecule has 0 atom stereocenters. The van der Waals surface area contributed by atoms with Crippen LogP contribution in [0.25, 0.3) is 22.8 Å². The van der Waals surface area contributed by atoms with Gasteiger partial charge in [-0.2, -0.15) is 5.10 Å². The van der Waals surface area contributed by atoms with Crippen LogP contribution in [0.1, 0.15) is 5.56 Å². The molecule has 0 saturated heterocycles. The topological polar surface area (TPSA) is 44.8 Å². The summed E-state index contributed by atoms with van der Waals surface area (Å²) in [6, 6.07) is 13.6. The summed E-state index contributed by atoms with van der Waals surface area (Å²) in [5.41, 5.74) is 3.04. The largest absolute Gasteiger partial charge is 0.305 e. The van der Waals surface area contributed by atoms with Gasteiger partial charge < -0.3 is 4.90 Å². The molecule has 0 amide bonds. The molecule has 3 rings (SSSR count). The lowest BCUT2D eigenvalue weighted by atomic mass is 10.1. The molecule has 1 aromatic heterocycles. The second-order valence-corrected chi connectivity index (χ2v) is 6.39. The lowest BCUT2D eigenvalue weighted by molar-refractivity contribution is 0.402. The van der Waals surface area contributed by atoms with Gasteiger partial charge in [0.15, 0.2) is 11.6 Å². The maximum Gasteiger partial charge on any atom is 0.181 e. The molecule has 0 aliphatic carbocycles. The van der Waals surface area contributed by atoms with Crippen molar-refractivity contribution in [3.63, 3.8) is 0 Å². The molecule has 0 fully saturated rings. The highest BCUT2D eigenvalue weighted by Gasteiger charge is 2.10. The molecule has 0 radical (unpaired) electrons. The molecule has 0 spiro atoms. The summed E-state index contributed by atoms with van der Waals surface area (Å²) in [4.78, 5) is 6.68.